The number of hydrogen-bond donors (Lipinski definition) is 0. The molecule has 0 aliphatic heterocycles. The summed E-state index contributed by atoms with van der Waals surface area (Å²) < 4.78 is 10.8. The average Bonchev–Trinajstić information content (AvgIpc) is 2.33. The SMILES string of the molecule is CO[SiH](OC)c1ccccc1CCCC#N. The van der Waals surface area contributed by atoms with E-state index in [1.807, 2.05) is 12.1 Å². The van der Waals surface area contributed by atoms with Crippen LogP contribution in [0.3, 0.4) is 0 Å². The fourth-order valence-electron chi connectivity index (χ4n) is 1.70. The first-order chi connectivity index (χ1) is 7.83. The van der Waals surface area contributed by atoms with Crippen LogP contribution in [0.25, 0.3) is 0 Å². The number of hydrogen-bond acceptors (Lipinski definition) is 3. The molecule has 1 rings (SSSR count). The molecular formula is C12H17NO2Si. The minimum atomic E-state index is -1.72. The first-order valence-corrected chi connectivity index (χ1v) is 6.85. The fraction of sp³-hybridized carbons (Fsp3) is 0.417. The molecule has 16 heavy (non-hydrogen) atoms. The molecule has 0 atom stereocenters. The van der Waals surface area contributed by atoms with Gasteiger partial charge in [-0.3, -0.25) is 0 Å². The zero-order valence-electron chi connectivity index (χ0n) is 9.77. The van der Waals surface area contributed by atoms with Crippen molar-refractivity contribution >= 4 is 14.5 Å². The monoisotopic (exact) mass is 235 g/mol. The van der Waals surface area contributed by atoms with Gasteiger partial charge in [-0.25, -0.2) is 0 Å². The van der Waals surface area contributed by atoms with E-state index in [2.05, 4.69) is 18.2 Å². The normalized spacial score (nSPS) is 10.4. The minimum Gasteiger partial charge on any atom is -0.397 e. The Morgan fingerprint density at radius 2 is 1.94 bits per heavy atom. The van der Waals surface area contributed by atoms with Crippen molar-refractivity contribution in [2.24, 2.45) is 0 Å². The summed E-state index contributed by atoms with van der Waals surface area (Å²) in [5.41, 5.74) is 1.25. The van der Waals surface area contributed by atoms with Crippen LogP contribution in [0.2, 0.25) is 0 Å². The molecule has 4 heteroatoms. The van der Waals surface area contributed by atoms with E-state index in [9.17, 15) is 0 Å². The van der Waals surface area contributed by atoms with Crippen LogP contribution in [-0.2, 0) is 15.3 Å². The van der Waals surface area contributed by atoms with Crippen molar-refractivity contribution in [3.63, 3.8) is 0 Å². The number of benzene rings is 1. The number of rotatable bonds is 6. The zero-order valence-corrected chi connectivity index (χ0v) is 10.9. The van der Waals surface area contributed by atoms with Crippen LogP contribution in [0.5, 0.6) is 0 Å². The smallest absolute Gasteiger partial charge is 0.355 e. The second-order valence-electron chi connectivity index (χ2n) is 3.51. The molecular weight excluding hydrogens is 218 g/mol. The second-order valence-corrected chi connectivity index (χ2v) is 5.74. The Hall–Kier alpha value is -1.15. The van der Waals surface area contributed by atoms with E-state index < -0.39 is 9.28 Å². The van der Waals surface area contributed by atoms with E-state index in [0.717, 1.165) is 12.8 Å². The molecule has 0 heterocycles. The van der Waals surface area contributed by atoms with Crippen LogP contribution in [0.4, 0.5) is 0 Å². The van der Waals surface area contributed by atoms with Gasteiger partial charge in [0, 0.05) is 20.6 Å². The lowest BCUT2D eigenvalue weighted by Gasteiger charge is -2.15. The number of aryl methyl sites for hydroxylation is 1. The van der Waals surface area contributed by atoms with E-state index in [4.69, 9.17) is 14.1 Å². The Morgan fingerprint density at radius 1 is 1.25 bits per heavy atom. The molecule has 0 aliphatic carbocycles. The Labute approximate surface area is 98.5 Å². The zero-order chi connectivity index (χ0) is 11.8. The molecule has 0 saturated carbocycles. The Morgan fingerprint density at radius 3 is 2.56 bits per heavy atom. The summed E-state index contributed by atoms with van der Waals surface area (Å²) in [6, 6.07) is 10.3. The topological polar surface area (TPSA) is 42.2 Å². The van der Waals surface area contributed by atoms with Gasteiger partial charge in [0.25, 0.3) is 0 Å². The first kappa shape index (κ1) is 12.9. The molecule has 1 aromatic rings. The van der Waals surface area contributed by atoms with Gasteiger partial charge in [0.2, 0.25) is 0 Å². The highest BCUT2D eigenvalue weighted by molar-refractivity contribution is 6.61. The highest BCUT2D eigenvalue weighted by Gasteiger charge is 2.16. The Bertz CT molecular complexity index is 358. The fourth-order valence-corrected chi connectivity index (χ4v) is 3.21. The van der Waals surface area contributed by atoms with Gasteiger partial charge in [-0.2, -0.15) is 5.26 Å². The molecule has 0 N–H and O–H groups in total. The third-order valence-electron chi connectivity index (χ3n) is 2.47. The Balaban J connectivity index is 2.78. The molecule has 0 radical (unpaired) electrons. The number of nitrogens with zero attached hydrogens (tertiary/aromatic N) is 1. The number of nitriles is 1. The van der Waals surface area contributed by atoms with E-state index in [-0.39, 0.29) is 0 Å². The van der Waals surface area contributed by atoms with Crippen LogP contribution in [-0.4, -0.2) is 23.5 Å². The molecule has 1 aromatic carbocycles. The summed E-state index contributed by atoms with van der Waals surface area (Å²) in [4.78, 5) is 0. The van der Waals surface area contributed by atoms with Crippen molar-refractivity contribution in [1.82, 2.24) is 0 Å². The maximum atomic E-state index is 8.52. The summed E-state index contributed by atoms with van der Waals surface area (Å²) in [5, 5.41) is 9.71. The quantitative estimate of drug-likeness (QED) is 0.550. The molecule has 0 amide bonds. The lowest BCUT2D eigenvalue weighted by atomic mass is 10.1. The predicted molar refractivity (Wildman–Crippen MR) is 65.8 cm³/mol. The minimum absolute atomic E-state index is 0.598. The van der Waals surface area contributed by atoms with Gasteiger partial charge < -0.3 is 8.85 Å². The highest BCUT2D eigenvalue weighted by atomic mass is 28.3. The van der Waals surface area contributed by atoms with Crippen LogP contribution in [0, 0.1) is 11.3 Å². The van der Waals surface area contributed by atoms with Crippen LogP contribution >= 0.6 is 0 Å². The van der Waals surface area contributed by atoms with Crippen molar-refractivity contribution in [1.29, 1.82) is 5.26 Å². The molecule has 0 aromatic heterocycles. The van der Waals surface area contributed by atoms with Crippen molar-refractivity contribution in [3.8, 4) is 6.07 Å². The van der Waals surface area contributed by atoms with Gasteiger partial charge in [0.15, 0.2) is 0 Å². The van der Waals surface area contributed by atoms with Crippen molar-refractivity contribution in [2.45, 2.75) is 19.3 Å². The van der Waals surface area contributed by atoms with Gasteiger partial charge >= 0.3 is 9.28 Å². The first-order valence-electron chi connectivity index (χ1n) is 5.33. The van der Waals surface area contributed by atoms with Crippen molar-refractivity contribution in [3.05, 3.63) is 29.8 Å². The summed E-state index contributed by atoms with van der Waals surface area (Å²) >= 11 is 0. The second kappa shape index (κ2) is 7.18. The van der Waals surface area contributed by atoms with Gasteiger partial charge in [-0.15, -0.1) is 0 Å². The summed E-state index contributed by atoms with van der Waals surface area (Å²) in [6.45, 7) is 0. The van der Waals surface area contributed by atoms with E-state index in [1.165, 1.54) is 10.8 Å². The van der Waals surface area contributed by atoms with Crippen LogP contribution in [0.15, 0.2) is 24.3 Å². The van der Waals surface area contributed by atoms with Gasteiger partial charge in [-0.1, -0.05) is 24.3 Å². The maximum absolute atomic E-state index is 8.52. The third-order valence-corrected chi connectivity index (χ3v) is 4.40. The van der Waals surface area contributed by atoms with E-state index in [1.54, 1.807) is 14.2 Å². The maximum Gasteiger partial charge on any atom is 0.355 e. The molecule has 0 unspecified atom stereocenters. The van der Waals surface area contributed by atoms with E-state index >= 15 is 0 Å². The van der Waals surface area contributed by atoms with Gasteiger partial charge in [0.1, 0.15) is 0 Å². The average molecular weight is 235 g/mol. The molecule has 0 saturated heterocycles. The lowest BCUT2D eigenvalue weighted by Crippen LogP contribution is -2.37. The summed E-state index contributed by atoms with van der Waals surface area (Å²) in [5.74, 6) is 0. The number of unbranched alkanes of at least 4 members (excludes halogenated alkanes) is 1. The summed E-state index contributed by atoms with van der Waals surface area (Å²) in [6.07, 6.45) is 2.41. The summed E-state index contributed by atoms with van der Waals surface area (Å²) in [7, 11) is 1.65. The molecule has 0 aliphatic rings. The molecule has 3 nitrogen and oxygen atoms in total. The van der Waals surface area contributed by atoms with Crippen LogP contribution < -0.4 is 5.19 Å². The molecule has 0 bridgehead atoms. The van der Waals surface area contributed by atoms with Crippen molar-refractivity contribution < 1.29 is 8.85 Å². The van der Waals surface area contributed by atoms with Gasteiger partial charge in [0.05, 0.1) is 6.07 Å². The van der Waals surface area contributed by atoms with Crippen molar-refractivity contribution in [2.75, 3.05) is 14.2 Å². The largest absolute Gasteiger partial charge is 0.397 e. The molecule has 0 spiro atoms. The predicted octanol–water partition coefficient (Wildman–Crippen LogP) is 1.25. The lowest BCUT2D eigenvalue weighted by molar-refractivity contribution is 0.291. The van der Waals surface area contributed by atoms with Crippen LogP contribution in [0.1, 0.15) is 18.4 Å². The van der Waals surface area contributed by atoms with E-state index in [0.29, 0.717) is 6.42 Å². The highest BCUT2D eigenvalue weighted by Crippen LogP contribution is 2.04. The standard InChI is InChI=1S/C12H17NO2Si/c1-14-16(15-2)12-9-4-3-7-11(12)8-5-6-10-13/h3-4,7,9,16H,5-6,8H2,1-2H3. The Kier molecular flexibility index (Phi) is 5.79. The molecule has 86 valence electrons. The molecule has 0 fully saturated rings. The van der Waals surface area contributed by atoms with Gasteiger partial charge in [-0.05, 0) is 23.6 Å². The third kappa shape index (κ3) is 3.45.